The summed E-state index contributed by atoms with van der Waals surface area (Å²) in [6, 6.07) is 18.2. The van der Waals surface area contributed by atoms with Gasteiger partial charge in [-0.25, -0.2) is 4.79 Å². The zero-order valence-corrected chi connectivity index (χ0v) is 23.8. The van der Waals surface area contributed by atoms with Gasteiger partial charge in [0, 0.05) is 41.2 Å². The van der Waals surface area contributed by atoms with E-state index in [2.05, 4.69) is 18.2 Å². The largest absolute Gasteiger partial charge is 0.493 e. The number of nitrogens with zero attached hydrogens (tertiary/aromatic N) is 3. The van der Waals surface area contributed by atoms with E-state index < -0.39 is 0 Å². The van der Waals surface area contributed by atoms with Gasteiger partial charge in [0.05, 0.1) is 42.7 Å². The van der Waals surface area contributed by atoms with Crippen molar-refractivity contribution in [2.45, 2.75) is 39.8 Å². The van der Waals surface area contributed by atoms with Crippen molar-refractivity contribution in [2.24, 2.45) is 7.05 Å². The van der Waals surface area contributed by atoms with E-state index in [1.165, 1.54) is 0 Å². The summed E-state index contributed by atoms with van der Waals surface area (Å²) in [4.78, 5) is 13.5. The Kier molecular flexibility index (Phi) is 7.26. The smallest absolute Gasteiger partial charge is 0.355 e. The first-order valence-electron chi connectivity index (χ1n) is 13.7. The number of carbonyl (C=O) groups excluding carboxylic acids is 1. The lowest BCUT2D eigenvalue weighted by Crippen LogP contribution is -2.17. The van der Waals surface area contributed by atoms with Crippen LogP contribution < -0.4 is 4.74 Å². The van der Waals surface area contributed by atoms with Crippen LogP contribution in [0.4, 0.5) is 0 Å². The molecule has 2 aromatic heterocycles. The van der Waals surface area contributed by atoms with Crippen LogP contribution >= 0.6 is 11.6 Å². The summed E-state index contributed by atoms with van der Waals surface area (Å²) in [6.07, 6.45) is 1.36. The Balaban J connectivity index is 1.43. The Morgan fingerprint density at radius 1 is 1.07 bits per heavy atom. The van der Waals surface area contributed by atoms with Crippen molar-refractivity contribution in [3.05, 3.63) is 82.3 Å². The van der Waals surface area contributed by atoms with Gasteiger partial charge >= 0.3 is 5.97 Å². The van der Waals surface area contributed by atoms with E-state index >= 15 is 0 Å². The molecule has 0 bridgehead atoms. The predicted molar refractivity (Wildman–Crippen MR) is 157 cm³/mol. The van der Waals surface area contributed by atoms with Crippen LogP contribution in [0.15, 0.2) is 54.6 Å². The molecular formula is C32H32ClN3O4. The highest BCUT2D eigenvalue weighted by molar-refractivity contribution is 6.35. The van der Waals surface area contributed by atoms with E-state index in [0.29, 0.717) is 50.1 Å². The maximum Gasteiger partial charge on any atom is 0.355 e. The minimum absolute atomic E-state index is 0.292. The Morgan fingerprint density at radius 3 is 2.75 bits per heavy atom. The fourth-order valence-electron chi connectivity index (χ4n) is 5.82. The third-order valence-corrected chi connectivity index (χ3v) is 7.99. The number of hydrogen-bond donors (Lipinski definition) is 0. The molecule has 0 saturated heterocycles. The molecule has 3 aromatic carbocycles. The summed E-state index contributed by atoms with van der Waals surface area (Å²) in [5, 5.41) is 8.55. The number of aryl methyl sites for hydroxylation is 2. The molecule has 0 fully saturated rings. The minimum atomic E-state index is -0.340. The van der Waals surface area contributed by atoms with Gasteiger partial charge in [0.15, 0.2) is 0 Å². The van der Waals surface area contributed by atoms with Crippen LogP contribution in [0.25, 0.3) is 32.8 Å². The molecule has 0 atom stereocenters. The molecule has 5 aromatic rings. The number of ether oxygens (including phenoxy) is 3. The molecular weight excluding hydrogens is 526 g/mol. The van der Waals surface area contributed by atoms with Gasteiger partial charge in [-0.1, -0.05) is 54.1 Å². The third kappa shape index (κ3) is 4.53. The number of carbonyl (C=O) groups is 1. The first-order valence-corrected chi connectivity index (χ1v) is 14.1. The molecule has 1 aliphatic heterocycles. The lowest BCUT2D eigenvalue weighted by Gasteiger charge is -2.13. The molecule has 0 amide bonds. The van der Waals surface area contributed by atoms with E-state index in [9.17, 15) is 4.79 Å². The minimum Gasteiger partial charge on any atom is -0.493 e. The van der Waals surface area contributed by atoms with E-state index in [0.717, 1.165) is 61.9 Å². The van der Waals surface area contributed by atoms with Gasteiger partial charge in [-0.15, -0.1) is 0 Å². The average molecular weight is 558 g/mol. The van der Waals surface area contributed by atoms with Crippen molar-refractivity contribution in [3.63, 3.8) is 0 Å². The maximum atomic E-state index is 13.5. The first-order chi connectivity index (χ1) is 19.5. The van der Waals surface area contributed by atoms with Gasteiger partial charge in [0.25, 0.3) is 0 Å². The van der Waals surface area contributed by atoms with Gasteiger partial charge in [0.1, 0.15) is 11.4 Å². The highest BCUT2D eigenvalue weighted by atomic mass is 35.5. The lowest BCUT2D eigenvalue weighted by molar-refractivity contribution is 0.0508. The molecule has 0 saturated carbocycles. The fraction of sp³-hybridized carbons (Fsp3) is 0.312. The maximum absolute atomic E-state index is 13.5. The van der Waals surface area contributed by atoms with Crippen molar-refractivity contribution in [2.75, 3.05) is 19.8 Å². The molecule has 0 N–H and O–H groups in total. The summed E-state index contributed by atoms with van der Waals surface area (Å²) in [5.74, 6) is 0.521. The van der Waals surface area contributed by atoms with Gasteiger partial charge in [-0.05, 0) is 49.8 Å². The molecule has 1 aliphatic rings. The van der Waals surface area contributed by atoms with E-state index in [-0.39, 0.29) is 5.97 Å². The SMILES string of the molecule is CCOC(=O)c1c(CCCOc2cccc3ccccc23)c2ccc(Cl)c3c2n1CCOCc1nn(C)c(C)c1-3. The number of halogens is 1. The summed E-state index contributed by atoms with van der Waals surface area (Å²) < 4.78 is 21.7. The van der Waals surface area contributed by atoms with Crippen LogP contribution in [0.3, 0.4) is 0 Å². The fourth-order valence-corrected chi connectivity index (χ4v) is 6.07. The second kappa shape index (κ2) is 11.0. The zero-order valence-electron chi connectivity index (χ0n) is 23.0. The van der Waals surface area contributed by atoms with Crippen molar-refractivity contribution >= 4 is 39.2 Å². The number of benzene rings is 3. The van der Waals surface area contributed by atoms with Crippen LogP contribution in [-0.4, -0.2) is 40.1 Å². The van der Waals surface area contributed by atoms with Crippen molar-refractivity contribution < 1.29 is 19.0 Å². The second-order valence-electron chi connectivity index (χ2n) is 10.0. The number of fused-ring (bicyclic) bond motifs is 3. The highest BCUT2D eigenvalue weighted by Crippen LogP contribution is 2.43. The van der Waals surface area contributed by atoms with E-state index in [4.69, 9.17) is 30.9 Å². The van der Waals surface area contributed by atoms with Crippen LogP contribution in [0.5, 0.6) is 5.75 Å². The monoisotopic (exact) mass is 557 g/mol. The molecule has 0 spiro atoms. The summed E-state index contributed by atoms with van der Waals surface area (Å²) >= 11 is 6.91. The lowest BCUT2D eigenvalue weighted by atomic mass is 9.98. The highest BCUT2D eigenvalue weighted by Gasteiger charge is 2.29. The molecule has 0 aliphatic carbocycles. The van der Waals surface area contributed by atoms with Crippen LogP contribution in [0, 0.1) is 6.92 Å². The molecule has 3 heterocycles. The van der Waals surface area contributed by atoms with Gasteiger partial charge in [0.2, 0.25) is 0 Å². The zero-order chi connectivity index (χ0) is 27.8. The second-order valence-corrected chi connectivity index (χ2v) is 10.4. The van der Waals surface area contributed by atoms with Crippen LogP contribution in [0.2, 0.25) is 5.02 Å². The van der Waals surface area contributed by atoms with Crippen molar-refractivity contribution in [3.8, 4) is 16.9 Å². The van der Waals surface area contributed by atoms with Gasteiger partial charge < -0.3 is 18.8 Å². The molecule has 7 nitrogen and oxygen atoms in total. The van der Waals surface area contributed by atoms with Gasteiger partial charge in [-0.2, -0.15) is 5.10 Å². The summed E-state index contributed by atoms with van der Waals surface area (Å²) in [6.45, 7) is 5.97. The Hall–Kier alpha value is -3.81. The summed E-state index contributed by atoms with van der Waals surface area (Å²) in [7, 11) is 1.92. The number of hydrogen-bond acceptors (Lipinski definition) is 5. The van der Waals surface area contributed by atoms with Crippen molar-refractivity contribution in [1.82, 2.24) is 14.3 Å². The average Bonchev–Trinajstić information content (AvgIpc) is 3.44. The molecule has 0 unspecified atom stereocenters. The molecule has 0 radical (unpaired) electrons. The Morgan fingerprint density at radius 2 is 1.90 bits per heavy atom. The standard InChI is InChI=1S/C32H32ClN3O4/c1-4-39-32(37)31-23(12-8-17-40-27-13-7-10-21-9-5-6-11-22(21)27)24-14-15-25(33)29-28-20(2)35(3)34-26(28)19-38-18-16-36(31)30(24)29/h5-7,9-11,13-15H,4,8,12,16-19H2,1-3H3. The normalized spacial score (nSPS) is 13.1. The quantitative estimate of drug-likeness (QED) is 0.161. The van der Waals surface area contributed by atoms with Gasteiger partial charge in [-0.3, -0.25) is 4.68 Å². The molecule has 206 valence electrons. The number of esters is 1. The van der Waals surface area contributed by atoms with Crippen LogP contribution in [0.1, 0.15) is 40.8 Å². The topological polar surface area (TPSA) is 67.5 Å². The van der Waals surface area contributed by atoms with E-state index in [1.807, 2.05) is 66.5 Å². The number of aromatic nitrogens is 3. The first kappa shape index (κ1) is 26.4. The van der Waals surface area contributed by atoms with Crippen LogP contribution in [-0.2, 0) is 36.1 Å². The molecule has 8 heteroatoms. The molecule has 40 heavy (non-hydrogen) atoms. The van der Waals surface area contributed by atoms with Crippen molar-refractivity contribution in [1.29, 1.82) is 0 Å². The third-order valence-electron chi connectivity index (χ3n) is 7.68. The summed E-state index contributed by atoms with van der Waals surface area (Å²) in [5.41, 5.74) is 6.09. The number of rotatable bonds is 7. The molecule has 6 rings (SSSR count). The predicted octanol–water partition coefficient (Wildman–Crippen LogP) is 6.88. The van der Waals surface area contributed by atoms with E-state index in [1.54, 1.807) is 0 Å². The Bertz CT molecular complexity index is 1730. The Labute approximate surface area is 238 Å².